The summed E-state index contributed by atoms with van der Waals surface area (Å²) in [6, 6.07) is 7.11. The number of nitrogens with one attached hydrogen (secondary N) is 1. The summed E-state index contributed by atoms with van der Waals surface area (Å²) < 4.78 is 1.86. The number of aliphatic carboxylic acids is 1. The van der Waals surface area contributed by atoms with Crippen molar-refractivity contribution in [2.45, 2.75) is 26.4 Å². The number of carboxylic acid groups (broad SMARTS) is 1. The summed E-state index contributed by atoms with van der Waals surface area (Å²) >= 11 is 1.63. The third-order valence-corrected chi connectivity index (χ3v) is 4.33. The zero-order chi connectivity index (χ0) is 15.4. The molecule has 0 saturated heterocycles. The van der Waals surface area contributed by atoms with Crippen LogP contribution in [0.15, 0.2) is 35.8 Å². The molecule has 21 heavy (non-hydrogen) atoms. The van der Waals surface area contributed by atoms with Crippen LogP contribution in [-0.2, 0) is 11.3 Å². The molecule has 0 saturated carbocycles. The van der Waals surface area contributed by atoms with Gasteiger partial charge in [-0.3, -0.25) is 9.59 Å². The van der Waals surface area contributed by atoms with Crippen LogP contribution in [-0.4, -0.2) is 27.6 Å². The molecule has 2 N–H and O–H groups in total. The van der Waals surface area contributed by atoms with Crippen molar-refractivity contribution in [1.82, 2.24) is 9.88 Å². The van der Waals surface area contributed by atoms with Crippen LogP contribution in [0.3, 0.4) is 0 Å². The first kappa shape index (κ1) is 15.3. The average molecular weight is 306 g/mol. The van der Waals surface area contributed by atoms with E-state index >= 15 is 0 Å². The van der Waals surface area contributed by atoms with Gasteiger partial charge in [-0.1, -0.05) is 6.07 Å². The summed E-state index contributed by atoms with van der Waals surface area (Å²) in [5, 5.41) is 13.7. The lowest BCUT2D eigenvalue weighted by Gasteiger charge is -2.18. The van der Waals surface area contributed by atoms with Gasteiger partial charge in [0.15, 0.2) is 0 Å². The van der Waals surface area contributed by atoms with Crippen LogP contribution in [0.2, 0.25) is 0 Å². The van der Waals surface area contributed by atoms with Crippen molar-refractivity contribution in [2.24, 2.45) is 5.92 Å². The summed E-state index contributed by atoms with van der Waals surface area (Å²) in [6.07, 6.45) is 1.85. The fraction of sp³-hybridized carbons (Fsp3) is 0.333. The first-order valence-corrected chi connectivity index (χ1v) is 7.58. The Labute approximate surface area is 127 Å². The predicted molar refractivity (Wildman–Crippen MR) is 81.6 cm³/mol. The number of carboxylic acids is 1. The van der Waals surface area contributed by atoms with Crippen molar-refractivity contribution < 1.29 is 14.7 Å². The normalized spacial score (nSPS) is 13.6. The second-order valence-electron chi connectivity index (χ2n) is 4.99. The Balaban J connectivity index is 2.06. The minimum Gasteiger partial charge on any atom is -0.481 e. The smallest absolute Gasteiger partial charge is 0.308 e. The number of carbonyl (C=O) groups is 2. The van der Waals surface area contributed by atoms with Gasteiger partial charge >= 0.3 is 5.97 Å². The van der Waals surface area contributed by atoms with Gasteiger partial charge in [0.25, 0.3) is 5.91 Å². The second kappa shape index (κ2) is 6.58. The maximum absolute atomic E-state index is 12.3. The molecular formula is C15H18N2O3S. The molecule has 0 fully saturated rings. The van der Waals surface area contributed by atoms with E-state index in [0.717, 1.165) is 4.88 Å². The number of hydrogen-bond donors (Lipinski definition) is 2. The van der Waals surface area contributed by atoms with Crippen molar-refractivity contribution in [3.8, 4) is 0 Å². The SMILES string of the molecule is CC(NC(=O)c1cccn1Cc1cccs1)C(C)C(=O)O. The summed E-state index contributed by atoms with van der Waals surface area (Å²) in [6.45, 7) is 3.91. The lowest BCUT2D eigenvalue weighted by molar-refractivity contribution is -0.141. The lowest BCUT2D eigenvalue weighted by atomic mass is 10.0. The Bertz CT molecular complexity index is 619. The molecule has 2 unspecified atom stereocenters. The van der Waals surface area contributed by atoms with E-state index < -0.39 is 17.9 Å². The summed E-state index contributed by atoms with van der Waals surface area (Å²) in [4.78, 5) is 24.4. The van der Waals surface area contributed by atoms with Crippen LogP contribution in [0.25, 0.3) is 0 Å². The van der Waals surface area contributed by atoms with E-state index in [2.05, 4.69) is 5.32 Å². The van der Waals surface area contributed by atoms with E-state index in [-0.39, 0.29) is 5.91 Å². The van der Waals surface area contributed by atoms with Crippen LogP contribution < -0.4 is 5.32 Å². The quantitative estimate of drug-likeness (QED) is 0.861. The van der Waals surface area contributed by atoms with Gasteiger partial charge in [0.1, 0.15) is 5.69 Å². The Hall–Kier alpha value is -2.08. The molecule has 0 aliphatic carbocycles. The Morgan fingerprint density at radius 2 is 2.10 bits per heavy atom. The highest BCUT2D eigenvalue weighted by atomic mass is 32.1. The summed E-state index contributed by atoms with van der Waals surface area (Å²) in [5.74, 6) is -1.80. The lowest BCUT2D eigenvalue weighted by Crippen LogP contribution is -2.40. The minimum atomic E-state index is -0.920. The van der Waals surface area contributed by atoms with Crippen LogP contribution in [0.1, 0.15) is 29.2 Å². The number of thiophene rings is 1. The monoisotopic (exact) mass is 306 g/mol. The molecule has 2 atom stereocenters. The van der Waals surface area contributed by atoms with Gasteiger partial charge in [-0.25, -0.2) is 0 Å². The molecule has 0 aromatic carbocycles. The number of rotatable bonds is 6. The molecule has 2 heterocycles. The van der Waals surface area contributed by atoms with Crippen molar-refractivity contribution in [2.75, 3.05) is 0 Å². The van der Waals surface area contributed by atoms with Gasteiger partial charge in [0.2, 0.25) is 0 Å². The first-order valence-electron chi connectivity index (χ1n) is 6.70. The molecular weight excluding hydrogens is 288 g/mol. The number of aromatic nitrogens is 1. The number of amides is 1. The molecule has 0 radical (unpaired) electrons. The highest BCUT2D eigenvalue weighted by molar-refractivity contribution is 7.09. The van der Waals surface area contributed by atoms with Crippen molar-refractivity contribution in [3.05, 3.63) is 46.4 Å². The van der Waals surface area contributed by atoms with E-state index in [4.69, 9.17) is 5.11 Å². The zero-order valence-corrected chi connectivity index (χ0v) is 12.8. The molecule has 5 nitrogen and oxygen atoms in total. The number of nitrogens with zero attached hydrogens (tertiary/aromatic N) is 1. The highest BCUT2D eigenvalue weighted by Gasteiger charge is 2.22. The standard InChI is InChI=1S/C15H18N2O3S/c1-10(15(19)20)11(2)16-14(18)13-6-3-7-17(13)9-12-5-4-8-21-12/h3-8,10-11H,9H2,1-2H3,(H,16,18)(H,19,20). The molecule has 1 amide bonds. The van der Waals surface area contributed by atoms with E-state index in [1.807, 2.05) is 34.3 Å². The second-order valence-corrected chi connectivity index (χ2v) is 6.02. The molecule has 0 aliphatic heterocycles. The van der Waals surface area contributed by atoms with Gasteiger partial charge in [-0.2, -0.15) is 0 Å². The van der Waals surface area contributed by atoms with Crippen LogP contribution in [0.5, 0.6) is 0 Å². The molecule has 6 heteroatoms. The van der Waals surface area contributed by atoms with Gasteiger partial charge < -0.3 is 15.0 Å². The fourth-order valence-electron chi connectivity index (χ4n) is 1.95. The van der Waals surface area contributed by atoms with Crippen LogP contribution in [0.4, 0.5) is 0 Å². The zero-order valence-electron chi connectivity index (χ0n) is 11.9. The van der Waals surface area contributed by atoms with Crippen LogP contribution in [0, 0.1) is 5.92 Å². The van der Waals surface area contributed by atoms with Gasteiger partial charge in [-0.05, 0) is 37.4 Å². The van der Waals surface area contributed by atoms with E-state index in [1.54, 1.807) is 31.3 Å². The molecule has 0 bridgehead atoms. The Morgan fingerprint density at radius 1 is 1.33 bits per heavy atom. The summed E-state index contributed by atoms with van der Waals surface area (Å²) in [5.41, 5.74) is 0.535. The Morgan fingerprint density at radius 3 is 2.71 bits per heavy atom. The fourth-order valence-corrected chi connectivity index (χ4v) is 2.65. The number of carbonyl (C=O) groups excluding carboxylic acids is 1. The van der Waals surface area contributed by atoms with E-state index in [1.165, 1.54) is 0 Å². The van der Waals surface area contributed by atoms with Gasteiger partial charge in [-0.15, -0.1) is 11.3 Å². The van der Waals surface area contributed by atoms with Gasteiger partial charge in [0, 0.05) is 17.1 Å². The maximum Gasteiger partial charge on any atom is 0.308 e. The molecule has 0 spiro atoms. The predicted octanol–water partition coefficient (Wildman–Crippen LogP) is 2.44. The maximum atomic E-state index is 12.3. The average Bonchev–Trinajstić information content (AvgIpc) is 3.09. The Kier molecular flexibility index (Phi) is 4.80. The van der Waals surface area contributed by atoms with Crippen molar-refractivity contribution in [1.29, 1.82) is 0 Å². The molecule has 112 valence electrons. The number of hydrogen-bond acceptors (Lipinski definition) is 3. The third-order valence-electron chi connectivity index (χ3n) is 3.47. The largest absolute Gasteiger partial charge is 0.481 e. The molecule has 0 aliphatic rings. The van der Waals surface area contributed by atoms with E-state index in [9.17, 15) is 9.59 Å². The van der Waals surface area contributed by atoms with E-state index in [0.29, 0.717) is 12.2 Å². The summed E-state index contributed by atoms with van der Waals surface area (Å²) in [7, 11) is 0. The third kappa shape index (κ3) is 3.72. The highest BCUT2D eigenvalue weighted by Crippen LogP contribution is 2.13. The topological polar surface area (TPSA) is 71.3 Å². The minimum absolute atomic E-state index is 0.253. The molecule has 2 aromatic heterocycles. The van der Waals surface area contributed by atoms with Crippen LogP contribution >= 0.6 is 11.3 Å². The molecule has 2 aromatic rings. The van der Waals surface area contributed by atoms with Crippen molar-refractivity contribution in [3.63, 3.8) is 0 Å². The van der Waals surface area contributed by atoms with Crippen molar-refractivity contribution >= 4 is 23.2 Å². The molecule has 2 rings (SSSR count). The van der Waals surface area contributed by atoms with Gasteiger partial charge in [0.05, 0.1) is 12.5 Å². The first-order chi connectivity index (χ1) is 9.99.